The maximum atomic E-state index is 12.5. The van der Waals surface area contributed by atoms with Crippen molar-refractivity contribution in [1.82, 2.24) is 0 Å². The second-order valence-corrected chi connectivity index (χ2v) is 6.43. The first-order valence-corrected chi connectivity index (χ1v) is 7.86. The Morgan fingerprint density at radius 3 is 2.38 bits per heavy atom. The Hall–Kier alpha value is -2.21. The molecule has 0 aliphatic rings. The number of nitrogen functional groups attached to an aromatic ring is 1. The van der Waals surface area contributed by atoms with Crippen LogP contribution in [-0.2, 0) is 10.0 Å². The minimum Gasteiger partial charge on any atom is -0.495 e. The van der Waals surface area contributed by atoms with Crippen molar-refractivity contribution in [1.29, 1.82) is 0 Å². The predicted octanol–water partition coefficient (Wildman–Crippen LogP) is 2.70. The van der Waals surface area contributed by atoms with Crippen molar-refractivity contribution < 1.29 is 13.2 Å². The van der Waals surface area contributed by atoms with E-state index in [1.165, 1.54) is 7.11 Å². The first-order valence-electron chi connectivity index (χ1n) is 6.37. The molecule has 0 amide bonds. The molecule has 0 aliphatic heterocycles. The van der Waals surface area contributed by atoms with Crippen LogP contribution in [0.1, 0.15) is 11.1 Å². The number of benzene rings is 2. The zero-order chi connectivity index (χ0) is 15.6. The topological polar surface area (TPSA) is 81.4 Å². The molecule has 5 nitrogen and oxygen atoms in total. The number of rotatable bonds is 4. The fourth-order valence-corrected chi connectivity index (χ4v) is 3.24. The Balaban J connectivity index is 2.46. The number of sulfonamides is 1. The summed E-state index contributed by atoms with van der Waals surface area (Å²) >= 11 is 0. The lowest BCUT2D eigenvalue weighted by atomic mass is 10.1. The van der Waals surface area contributed by atoms with Crippen molar-refractivity contribution in [2.75, 3.05) is 17.6 Å². The van der Waals surface area contributed by atoms with Crippen LogP contribution in [0.4, 0.5) is 11.4 Å². The molecule has 0 aliphatic carbocycles. The van der Waals surface area contributed by atoms with Crippen LogP contribution in [0.25, 0.3) is 0 Å². The lowest BCUT2D eigenvalue weighted by Crippen LogP contribution is -2.15. The van der Waals surface area contributed by atoms with Crippen LogP contribution in [0.3, 0.4) is 0 Å². The van der Waals surface area contributed by atoms with Crippen molar-refractivity contribution >= 4 is 21.4 Å². The molecule has 0 heterocycles. The number of hydrogen-bond donors (Lipinski definition) is 2. The van der Waals surface area contributed by atoms with Gasteiger partial charge in [-0.1, -0.05) is 12.1 Å². The van der Waals surface area contributed by atoms with Crippen LogP contribution in [-0.4, -0.2) is 15.5 Å². The highest BCUT2D eigenvalue weighted by molar-refractivity contribution is 7.92. The lowest BCUT2D eigenvalue weighted by molar-refractivity contribution is 0.417. The molecule has 0 aromatic heterocycles. The Kier molecular flexibility index (Phi) is 4.09. The molecule has 0 saturated heterocycles. The van der Waals surface area contributed by atoms with E-state index in [2.05, 4.69) is 4.72 Å². The number of ether oxygens (including phenoxy) is 1. The third-order valence-electron chi connectivity index (χ3n) is 3.27. The monoisotopic (exact) mass is 306 g/mol. The second-order valence-electron chi connectivity index (χ2n) is 4.78. The molecule has 2 rings (SSSR count). The molecule has 0 radical (unpaired) electrons. The van der Waals surface area contributed by atoms with E-state index < -0.39 is 10.0 Å². The van der Waals surface area contributed by atoms with E-state index in [0.29, 0.717) is 11.4 Å². The number of anilines is 2. The number of nitrogens with two attached hydrogens (primary N) is 1. The van der Waals surface area contributed by atoms with Gasteiger partial charge in [-0.15, -0.1) is 0 Å². The third-order valence-corrected chi connectivity index (χ3v) is 4.69. The molecule has 3 N–H and O–H groups in total. The molecule has 0 unspecified atom stereocenters. The summed E-state index contributed by atoms with van der Waals surface area (Å²) in [6.45, 7) is 3.73. The molecule has 2 aromatic carbocycles. The van der Waals surface area contributed by atoms with E-state index in [4.69, 9.17) is 10.5 Å². The lowest BCUT2D eigenvalue weighted by Gasteiger charge is -2.14. The highest BCUT2D eigenvalue weighted by atomic mass is 32.2. The number of nitrogens with one attached hydrogen (secondary N) is 1. The number of para-hydroxylation sites is 2. The third kappa shape index (κ3) is 3.11. The summed E-state index contributed by atoms with van der Waals surface area (Å²) < 4.78 is 32.7. The van der Waals surface area contributed by atoms with Gasteiger partial charge in [-0.05, 0) is 49.2 Å². The number of hydrogen-bond acceptors (Lipinski definition) is 4. The van der Waals surface area contributed by atoms with Crippen molar-refractivity contribution in [3.05, 3.63) is 47.5 Å². The van der Waals surface area contributed by atoms with Crippen molar-refractivity contribution in [3.63, 3.8) is 0 Å². The van der Waals surface area contributed by atoms with Crippen LogP contribution in [0.15, 0.2) is 41.3 Å². The zero-order valence-electron chi connectivity index (χ0n) is 12.2. The molecule has 21 heavy (non-hydrogen) atoms. The second kappa shape index (κ2) is 5.65. The first-order chi connectivity index (χ1) is 9.85. The van der Waals surface area contributed by atoms with E-state index >= 15 is 0 Å². The smallest absolute Gasteiger partial charge is 0.264 e. The van der Waals surface area contributed by atoms with Crippen LogP contribution >= 0.6 is 0 Å². The molecule has 0 saturated carbocycles. The molecular formula is C15H18N2O3S. The highest BCUT2D eigenvalue weighted by Crippen LogP contribution is 2.29. The van der Waals surface area contributed by atoms with Gasteiger partial charge in [-0.3, -0.25) is 4.72 Å². The Labute approximate surface area is 124 Å². The Morgan fingerprint density at radius 2 is 1.71 bits per heavy atom. The van der Waals surface area contributed by atoms with Gasteiger partial charge >= 0.3 is 0 Å². The van der Waals surface area contributed by atoms with E-state index in [9.17, 15) is 8.42 Å². The average Bonchev–Trinajstić information content (AvgIpc) is 2.43. The largest absolute Gasteiger partial charge is 0.495 e. The van der Waals surface area contributed by atoms with Gasteiger partial charge in [0.2, 0.25) is 0 Å². The number of methoxy groups -OCH3 is 1. The van der Waals surface area contributed by atoms with Gasteiger partial charge in [0.1, 0.15) is 10.6 Å². The minimum absolute atomic E-state index is 0.0662. The first kappa shape index (κ1) is 15.2. The molecule has 2 aromatic rings. The standard InChI is InChI=1S/C15H18N2O3S/c1-10-8-12(16)15(9-11(10)2)21(18,19)17-13-6-4-5-7-14(13)20-3/h4-9,17H,16H2,1-3H3. The summed E-state index contributed by atoms with van der Waals surface area (Å²) in [6, 6.07) is 10.0. The van der Waals surface area contributed by atoms with Gasteiger partial charge in [0.05, 0.1) is 18.5 Å². The normalized spacial score (nSPS) is 11.2. The van der Waals surface area contributed by atoms with Crippen molar-refractivity contribution in [3.8, 4) is 5.75 Å². The van der Waals surface area contributed by atoms with Crippen molar-refractivity contribution in [2.45, 2.75) is 18.7 Å². The van der Waals surface area contributed by atoms with Crippen LogP contribution in [0.2, 0.25) is 0 Å². The summed E-state index contributed by atoms with van der Waals surface area (Å²) in [4.78, 5) is 0.0662. The fourth-order valence-electron chi connectivity index (χ4n) is 1.97. The predicted molar refractivity (Wildman–Crippen MR) is 84.1 cm³/mol. The molecule has 0 fully saturated rings. The fraction of sp³-hybridized carbons (Fsp3) is 0.200. The molecule has 112 valence electrons. The zero-order valence-corrected chi connectivity index (χ0v) is 13.0. The maximum absolute atomic E-state index is 12.5. The van der Waals surface area contributed by atoms with E-state index in [1.807, 2.05) is 13.8 Å². The van der Waals surface area contributed by atoms with Gasteiger partial charge < -0.3 is 10.5 Å². The Morgan fingerprint density at radius 1 is 1.10 bits per heavy atom. The minimum atomic E-state index is -3.77. The van der Waals surface area contributed by atoms with Gasteiger partial charge in [0.15, 0.2) is 0 Å². The van der Waals surface area contributed by atoms with Gasteiger partial charge in [0, 0.05) is 0 Å². The summed E-state index contributed by atoms with van der Waals surface area (Å²) in [6.07, 6.45) is 0. The average molecular weight is 306 g/mol. The van der Waals surface area contributed by atoms with Crippen LogP contribution in [0.5, 0.6) is 5.75 Å². The molecule has 0 bridgehead atoms. The van der Waals surface area contributed by atoms with Gasteiger partial charge in [-0.25, -0.2) is 8.42 Å². The van der Waals surface area contributed by atoms with Crippen molar-refractivity contribution in [2.24, 2.45) is 0 Å². The summed E-state index contributed by atoms with van der Waals surface area (Å²) in [5, 5.41) is 0. The summed E-state index contributed by atoms with van der Waals surface area (Å²) in [5.41, 5.74) is 8.26. The highest BCUT2D eigenvalue weighted by Gasteiger charge is 2.20. The molecular weight excluding hydrogens is 288 g/mol. The molecule has 6 heteroatoms. The van der Waals surface area contributed by atoms with Gasteiger partial charge in [0.25, 0.3) is 10.0 Å². The molecule has 0 atom stereocenters. The summed E-state index contributed by atoms with van der Waals surface area (Å²) in [5.74, 6) is 0.448. The van der Waals surface area contributed by atoms with E-state index in [-0.39, 0.29) is 10.6 Å². The van der Waals surface area contributed by atoms with Gasteiger partial charge in [-0.2, -0.15) is 0 Å². The quantitative estimate of drug-likeness (QED) is 0.851. The maximum Gasteiger partial charge on any atom is 0.264 e. The number of aryl methyl sites for hydroxylation is 2. The van der Waals surface area contributed by atoms with E-state index in [1.54, 1.807) is 36.4 Å². The Bertz CT molecular complexity index is 770. The molecule has 0 spiro atoms. The van der Waals surface area contributed by atoms with E-state index in [0.717, 1.165) is 11.1 Å². The van der Waals surface area contributed by atoms with Crippen LogP contribution in [0, 0.1) is 13.8 Å². The van der Waals surface area contributed by atoms with Crippen LogP contribution < -0.4 is 15.2 Å². The SMILES string of the molecule is COc1ccccc1NS(=O)(=O)c1cc(C)c(C)cc1N. The summed E-state index contributed by atoms with van der Waals surface area (Å²) in [7, 11) is -2.29.